The number of esters is 1. The minimum atomic E-state index is -0.658. The van der Waals surface area contributed by atoms with Crippen molar-refractivity contribution in [1.29, 1.82) is 0 Å². The lowest BCUT2D eigenvalue weighted by molar-refractivity contribution is 0.0600. The number of ether oxygens (including phenoxy) is 1. The standard InChI is InChI=1S/C19H14ClN3O4/c1-27-19(26)12-2-6-14(7-3-12)21-18(25)17-16(24)10-11-23(22-17)15-8-4-13(20)5-9-15/h2-11H,1H3,(H,21,25). The summed E-state index contributed by atoms with van der Waals surface area (Å²) < 4.78 is 6.03. The predicted molar refractivity (Wildman–Crippen MR) is 101 cm³/mol. The Morgan fingerprint density at radius 2 is 1.70 bits per heavy atom. The van der Waals surface area contributed by atoms with E-state index in [-0.39, 0.29) is 5.69 Å². The lowest BCUT2D eigenvalue weighted by atomic mass is 10.2. The fourth-order valence-corrected chi connectivity index (χ4v) is 2.43. The zero-order valence-electron chi connectivity index (χ0n) is 14.2. The summed E-state index contributed by atoms with van der Waals surface area (Å²) in [7, 11) is 1.28. The summed E-state index contributed by atoms with van der Waals surface area (Å²) in [6.45, 7) is 0. The van der Waals surface area contributed by atoms with Crippen LogP contribution >= 0.6 is 11.6 Å². The van der Waals surface area contributed by atoms with E-state index in [0.717, 1.165) is 0 Å². The number of amides is 1. The molecule has 0 fully saturated rings. The molecule has 0 atom stereocenters. The third kappa shape index (κ3) is 4.21. The molecule has 0 saturated heterocycles. The zero-order valence-corrected chi connectivity index (χ0v) is 14.9. The fourth-order valence-electron chi connectivity index (χ4n) is 2.30. The van der Waals surface area contributed by atoms with E-state index in [1.54, 1.807) is 24.3 Å². The quantitative estimate of drug-likeness (QED) is 0.699. The summed E-state index contributed by atoms with van der Waals surface area (Å²) >= 11 is 5.86. The van der Waals surface area contributed by atoms with Crippen LogP contribution in [0.2, 0.25) is 5.02 Å². The molecule has 0 bridgehead atoms. The minimum Gasteiger partial charge on any atom is -0.465 e. The smallest absolute Gasteiger partial charge is 0.337 e. The van der Waals surface area contributed by atoms with E-state index in [2.05, 4.69) is 15.2 Å². The van der Waals surface area contributed by atoms with Gasteiger partial charge in [0.05, 0.1) is 18.4 Å². The van der Waals surface area contributed by atoms with E-state index < -0.39 is 17.3 Å². The van der Waals surface area contributed by atoms with E-state index in [4.69, 9.17) is 11.6 Å². The molecule has 27 heavy (non-hydrogen) atoms. The summed E-state index contributed by atoms with van der Waals surface area (Å²) in [5.74, 6) is -1.14. The lowest BCUT2D eigenvalue weighted by Crippen LogP contribution is -2.25. The molecule has 0 saturated carbocycles. The van der Waals surface area contributed by atoms with Gasteiger partial charge >= 0.3 is 5.97 Å². The van der Waals surface area contributed by atoms with Gasteiger partial charge in [0, 0.05) is 23.0 Å². The number of halogens is 1. The normalized spacial score (nSPS) is 10.3. The highest BCUT2D eigenvalue weighted by atomic mass is 35.5. The van der Waals surface area contributed by atoms with Gasteiger partial charge in [-0.3, -0.25) is 9.59 Å². The number of nitrogens with one attached hydrogen (secondary N) is 1. The van der Waals surface area contributed by atoms with Crippen molar-refractivity contribution >= 4 is 29.2 Å². The molecular weight excluding hydrogens is 370 g/mol. The molecule has 0 radical (unpaired) electrons. The number of carbonyl (C=O) groups is 2. The maximum atomic E-state index is 12.4. The van der Waals surface area contributed by atoms with Crippen LogP contribution in [-0.2, 0) is 4.74 Å². The molecule has 1 N–H and O–H groups in total. The Kier molecular flexibility index (Phi) is 5.33. The maximum absolute atomic E-state index is 12.4. The Hall–Kier alpha value is -3.45. The van der Waals surface area contributed by atoms with Gasteiger partial charge < -0.3 is 10.1 Å². The number of rotatable bonds is 4. The van der Waals surface area contributed by atoms with Crippen molar-refractivity contribution in [1.82, 2.24) is 9.78 Å². The molecule has 2 aromatic carbocycles. The first-order valence-corrected chi connectivity index (χ1v) is 8.21. The van der Waals surface area contributed by atoms with E-state index >= 15 is 0 Å². The first-order valence-electron chi connectivity index (χ1n) is 7.83. The van der Waals surface area contributed by atoms with Crippen LogP contribution in [-0.4, -0.2) is 28.8 Å². The molecule has 1 aromatic heterocycles. The third-order valence-electron chi connectivity index (χ3n) is 3.68. The van der Waals surface area contributed by atoms with Gasteiger partial charge in [0.1, 0.15) is 0 Å². The maximum Gasteiger partial charge on any atom is 0.337 e. The summed E-state index contributed by atoms with van der Waals surface area (Å²) in [5, 5.41) is 7.25. The van der Waals surface area contributed by atoms with Gasteiger partial charge in [-0.1, -0.05) is 11.6 Å². The molecule has 3 rings (SSSR count). The Balaban J connectivity index is 1.84. The first kappa shape index (κ1) is 18.3. The largest absolute Gasteiger partial charge is 0.465 e. The monoisotopic (exact) mass is 383 g/mol. The van der Waals surface area contributed by atoms with Crippen molar-refractivity contribution < 1.29 is 14.3 Å². The number of methoxy groups -OCH3 is 1. The zero-order chi connectivity index (χ0) is 19.4. The number of nitrogens with zero attached hydrogens (tertiary/aromatic N) is 2. The van der Waals surface area contributed by atoms with Crippen LogP contribution in [0.15, 0.2) is 65.6 Å². The van der Waals surface area contributed by atoms with Crippen molar-refractivity contribution in [2.24, 2.45) is 0 Å². The van der Waals surface area contributed by atoms with E-state index in [1.807, 2.05) is 0 Å². The predicted octanol–water partition coefficient (Wildman–Crippen LogP) is 2.92. The summed E-state index contributed by atoms with van der Waals surface area (Å²) in [5.41, 5.74) is 0.637. The molecule has 3 aromatic rings. The highest BCUT2D eigenvalue weighted by Crippen LogP contribution is 2.13. The molecule has 1 heterocycles. The summed E-state index contributed by atoms with van der Waals surface area (Å²) in [6, 6.07) is 14.1. The number of hydrogen-bond donors (Lipinski definition) is 1. The van der Waals surface area contributed by atoms with Crippen LogP contribution in [0.25, 0.3) is 5.69 Å². The molecule has 8 heteroatoms. The average molecular weight is 384 g/mol. The molecule has 136 valence electrons. The molecule has 0 aliphatic carbocycles. The Morgan fingerprint density at radius 3 is 2.33 bits per heavy atom. The van der Waals surface area contributed by atoms with Crippen molar-refractivity contribution in [3.63, 3.8) is 0 Å². The van der Waals surface area contributed by atoms with Gasteiger partial charge in [0.15, 0.2) is 5.69 Å². The second kappa shape index (κ2) is 7.84. The second-order valence-corrected chi connectivity index (χ2v) is 5.91. The highest BCUT2D eigenvalue weighted by molar-refractivity contribution is 6.30. The van der Waals surface area contributed by atoms with Crippen LogP contribution in [0.5, 0.6) is 0 Å². The SMILES string of the molecule is COC(=O)c1ccc(NC(=O)c2nn(-c3ccc(Cl)cc3)ccc2=O)cc1. The lowest BCUT2D eigenvalue weighted by Gasteiger charge is -2.08. The summed E-state index contributed by atoms with van der Waals surface area (Å²) in [4.78, 5) is 35.9. The van der Waals surface area contributed by atoms with Gasteiger partial charge in [0.2, 0.25) is 5.43 Å². The molecular formula is C19H14ClN3O4. The van der Waals surface area contributed by atoms with Crippen molar-refractivity contribution in [3.05, 3.63) is 87.3 Å². The molecule has 1 amide bonds. The topological polar surface area (TPSA) is 90.3 Å². The van der Waals surface area contributed by atoms with Crippen LogP contribution in [0, 0.1) is 0 Å². The van der Waals surface area contributed by atoms with Crippen molar-refractivity contribution in [2.45, 2.75) is 0 Å². The van der Waals surface area contributed by atoms with E-state index in [0.29, 0.717) is 22.0 Å². The fraction of sp³-hybridized carbons (Fsp3) is 0.0526. The van der Waals surface area contributed by atoms with Crippen LogP contribution in [0.1, 0.15) is 20.8 Å². The average Bonchev–Trinajstić information content (AvgIpc) is 2.69. The van der Waals surface area contributed by atoms with Crippen molar-refractivity contribution in [3.8, 4) is 5.69 Å². The molecule has 0 aliphatic heterocycles. The first-order chi connectivity index (χ1) is 13.0. The minimum absolute atomic E-state index is 0.260. The molecule has 7 nitrogen and oxygen atoms in total. The summed E-state index contributed by atoms with van der Waals surface area (Å²) in [6.07, 6.45) is 1.47. The molecule has 0 aliphatic rings. The number of benzene rings is 2. The Morgan fingerprint density at radius 1 is 1.04 bits per heavy atom. The highest BCUT2D eigenvalue weighted by Gasteiger charge is 2.14. The second-order valence-electron chi connectivity index (χ2n) is 5.47. The number of aromatic nitrogens is 2. The third-order valence-corrected chi connectivity index (χ3v) is 3.93. The van der Waals surface area contributed by atoms with Gasteiger partial charge in [-0.25, -0.2) is 9.48 Å². The van der Waals surface area contributed by atoms with Gasteiger partial charge in [0.25, 0.3) is 5.91 Å². The molecule has 0 unspecified atom stereocenters. The number of hydrogen-bond acceptors (Lipinski definition) is 5. The Bertz CT molecular complexity index is 1040. The Labute approximate surface area is 159 Å². The van der Waals surface area contributed by atoms with Gasteiger partial charge in [-0.2, -0.15) is 5.10 Å². The molecule has 0 spiro atoms. The number of carbonyl (C=O) groups excluding carboxylic acids is 2. The number of anilines is 1. The van der Waals surface area contributed by atoms with Gasteiger partial charge in [-0.15, -0.1) is 0 Å². The van der Waals surface area contributed by atoms with E-state index in [1.165, 1.54) is 48.3 Å². The van der Waals surface area contributed by atoms with E-state index in [9.17, 15) is 14.4 Å². The van der Waals surface area contributed by atoms with Crippen LogP contribution in [0.4, 0.5) is 5.69 Å². The van der Waals surface area contributed by atoms with Crippen molar-refractivity contribution in [2.75, 3.05) is 12.4 Å². The van der Waals surface area contributed by atoms with Crippen LogP contribution < -0.4 is 10.7 Å². The van der Waals surface area contributed by atoms with Gasteiger partial charge in [-0.05, 0) is 48.5 Å². The van der Waals surface area contributed by atoms with Crippen LogP contribution in [0.3, 0.4) is 0 Å².